The molecule has 0 saturated carbocycles. The molecule has 2 aliphatic heterocycles. The largest absolute Gasteiger partial charge is 0.496 e. The van der Waals surface area contributed by atoms with E-state index in [0.29, 0.717) is 73.9 Å². The number of piperidine rings is 2. The molecule has 230 valence electrons. The van der Waals surface area contributed by atoms with Gasteiger partial charge in [-0.05, 0) is 69.7 Å². The molecule has 3 aromatic rings. The molecule has 2 aliphatic rings. The van der Waals surface area contributed by atoms with Crippen LogP contribution >= 0.6 is 23.1 Å². The lowest BCUT2D eigenvalue weighted by molar-refractivity contribution is 0.100. The fourth-order valence-corrected chi connectivity index (χ4v) is 8.06. The Kier molecular flexibility index (Phi) is 9.86. The number of fused-ring (bicyclic) bond motifs is 1. The Morgan fingerprint density at radius 2 is 1.21 bits per heavy atom. The van der Waals surface area contributed by atoms with Gasteiger partial charge in [0.2, 0.25) is 0 Å². The van der Waals surface area contributed by atoms with Crippen LogP contribution < -0.4 is 23.7 Å². The lowest BCUT2D eigenvalue weighted by atomic mass is 10.1. The molecule has 0 radical (unpaired) electrons. The highest BCUT2D eigenvalue weighted by Gasteiger charge is 2.29. The predicted molar refractivity (Wildman–Crippen MR) is 165 cm³/mol. The smallest absolute Gasteiger partial charge is 0.415 e. The minimum atomic E-state index is -0.460. The average Bonchev–Trinajstić information content (AvgIpc) is 3.41. The van der Waals surface area contributed by atoms with Crippen molar-refractivity contribution in [1.82, 2.24) is 9.80 Å². The van der Waals surface area contributed by atoms with Crippen molar-refractivity contribution in [3.63, 3.8) is 0 Å². The van der Waals surface area contributed by atoms with Crippen molar-refractivity contribution in [2.24, 2.45) is 0 Å². The quantitative estimate of drug-likeness (QED) is 0.239. The number of thiophene rings is 1. The van der Waals surface area contributed by atoms with E-state index in [4.69, 9.17) is 23.7 Å². The molecule has 43 heavy (non-hydrogen) atoms. The summed E-state index contributed by atoms with van der Waals surface area (Å²) in [7, 11) is 4.60. The molecule has 2 aromatic carbocycles. The van der Waals surface area contributed by atoms with Crippen LogP contribution in [0, 0.1) is 0 Å². The van der Waals surface area contributed by atoms with Gasteiger partial charge in [0.25, 0.3) is 0 Å². The number of hydrogen-bond acceptors (Lipinski definition) is 10. The highest BCUT2D eigenvalue weighted by molar-refractivity contribution is 8.01. The first-order chi connectivity index (χ1) is 20.9. The monoisotopic (exact) mass is 628 g/mol. The third-order valence-electron chi connectivity index (χ3n) is 7.59. The number of methoxy groups -OCH3 is 3. The Morgan fingerprint density at radius 3 is 1.74 bits per heavy atom. The maximum atomic E-state index is 13.1. The Balaban J connectivity index is 1.58. The van der Waals surface area contributed by atoms with Gasteiger partial charge in [0.05, 0.1) is 41.9 Å². The number of hydrogen-bond donors (Lipinski definition) is 0. The van der Waals surface area contributed by atoms with Crippen LogP contribution in [0.5, 0.6) is 28.7 Å². The molecule has 2 saturated heterocycles. The zero-order valence-corrected chi connectivity index (χ0v) is 26.5. The number of rotatable bonds is 8. The van der Waals surface area contributed by atoms with Crippen molar-refractivity contribution in [2.45, 2.75) is 54.6 Å². The summed E-state index contributed by atoms with van der Waals surface area (Å²) in [5.41, 5.74) is 0.291. The second-order valence-electron chi connectivity index (χ2n) is 10.4. The van der Waals surface area contributed by atoms with Crippen LogP contribution in [0.2, 0.25) is 0 Å². The summed E-state index contributed by atoms with van der Waals surface area (Å²) in [6.07, 6.45) is 5.06. The molecule has 5 rings (SSSR count). The standard InChI is InChI=1S/C31H36N2O8S2/c1-19(34)24-20(37-2)11-13-22(40-30(35)32-15-7-5-8-16-32)27(24)42-29-26(39-4)25-21(38-3)12-14-23(28(25)43-29)41-31(36)33-17-9-6-10-18-33/h11-14H,5-10,15-18H2,1-4H3. The lowest BCUT2D eigenvalue weighted by Gasteiger charge is -2.26. The van der Waals surface area contributed by atoms with E-state index in [9.17, 15) is 14.4 Å². The van der Waals surface area contributed by atoms with E-state index in [-0.39, 0.29) is 11.5 Å². The van der Waals surface area contributed by atoms with Crippen molar-refractivity contribution in [3.8, 4) is 28.7 Å². The lowest BCUT2D eigenvalue weighted by Crippen LogP contribution is -2.37. The minimum Gasteiger partial charge on any atom is -0.496 e. The first-order valence-electron chi connectivity index (χ1n) is 14.4. The van der Waals surface area contributed by atoms with Gasteiger partial charge in [0.15, 0.2) is 17.3 Å². The van der Waals surface area contributed by atoms with Gasteiger partial charge >= 0.3 is 12.2 Å². The summed E-state index contributed by atoms with van der Waals surface area (Å²) >= 11 is 2.57. The summed E-state index contributed by atoms with van der Waals surface area (Å²) in [4.78, 5) is 42.9. The number of Topliss-reactive ketones (excluding diaryl/α,β-unsaturated/α-hetero) is 1. The number of carbonyl (C=O) groups is 3. The number of benzene rings is 2. The third-order valence-corrected chi connectivity index (χ3v) is 10.0. The Morgan fingerprint density at radius 1 is 0.698 bits per heavy atom. The molecule has 10 nitrogen and oxygen atoms in total. The number of nitrogens with zero attached hydrogens (tertiary/aromatic N) is 2. The molecule has 3 heterocycles. The first-order valence-corrected chi connectivity index (χ1v) is 16.0. The first kappa shape index (κ1) is 30.8. The molecule has 2 fully saturated rings. The van der Waals surface area contributed by atoms with Crippen LogP contribution in [0.3, 0.4) is 0 Å². The number of ether oxygens (including phenoxy) is 5. The summed E-state index contributed by atoms with van der Waals surface area (Å²) < 4.78 is 30.2. The Bertz CT molecular complexity index is 1510. The number of carbonyl (C=O) groups excluding carboxylic acids is 3. The summed E-state index contributed by atoms with van der Waals surface area (Å²) in [6, 6.07) is 6.72. The van der Waals surface area contributed by atoms with E-state index in [1.165, 1.54) is 37.1 Å². The van der Waals surface area contributed by atoms with Gasteiger partial charge in [-0.1, -0.05) is 11.8 Å². The maximum Gasteiger partial charge on any atom is 0.415 e. The van der Waals surface area contributed by atoms with Gasteiger partial charge in [0.1, 0.15) is 21.5 Å². The molecule has 0 atom stereocenters. The summed E-state index contributed by atoms with van der Waals surface area (Å²) in [5, 5.41) is 0.639. The van der Waals surface area contributed by atoms with Gasteiger partial charge in [0, 0.05) is 26.2 Å². The second-order valence-corrected chi connectivity index (χ2v) is 12.7. The van der Waals surface area contributed by atoms with Crippen molar-refractivity contribution in [1.29, 1.82) is 0 Å². The number of amides is 2. The van der Waals surface area contributed by atoms with Gasteiger partial charge in [-0.2, -0.15) is 0 Å². The van der Waals surface area contributed by atoms with Crippen LogP contribution in [0.4, 0.5) is 9.59 Å². The van der Waals surface area contributed by atoms with Crippen molar-refractivity contribution in [2.75, 3.05) is 47.5 Å². The zero-order chi connectivity index (χ0) is 30.5. The molecule has 12 heteroatoms. The molecular formula is C31H36N2O8S2. The van der Waals surface area contributed by atoms with Crippen molar-refractivity contribution >= 4 is 51.2 Å². The van der Waals surface area contributed by atoms with E-state index in [1.807, 2.05) is 0 Å². The maximum absolute atomic E-state index is 13.1. The average molecular weight is 629 g/mol. The predicted octanol–water partition coefficient (Wildman–Crippen LogP) is 7.25. The molecule has 1 aromatic heterocycles. The minimum absolute atomic E-state index is 0.245. The molecule has 0 spiro atoms. The Labute approximate surface area is 259 Å². The van der Waals surface area contributed by atoms with E-state index >= 15 is 0 Å². The highest BCUT2D eigenvalue weighted by Crippen LogP contribution is 2.54. The van der Waals surface area contributed by atoms with Crippen LogP contribution in [0.25, 0.3) is 10.1 Å². The number of ketones is 1. The zero-order valence-electron chi connectivity index (χ0n) is 24.9. The van der Waals surface area contributed by atoms with Crippen LogP contribution in [0.15, 0.2) is 33.4 Å². The van der Waals surface area contributed by atoms with Gasteiger partial charge in [-0.3, -0.25) is 4.79 Å². The van der Waals surface area contributed by atoms with Crippen LogP contribution in [-0.4, -0.2) is 75.3 Å². The van der Waals surface area contributed by atoms with Crippen molar-refractivity contribution in [3.05, 3.63) is 29.8 Å². The van der Waals surface area contributed by atoms with E-state index in [1.54, 1.807) is 48.3 Å². The molecule has 0 unspecified atom stereocenters. The molecule has 2 amide bonds. The van der Waals surface area contributed by atoms with Gasteiger partial charge in [-0.15, -0.1) is 11.3 Å². The highest BCUT2D eigenvalue weighted by atomic mass is 32.2. The van der Waals surface area contributed by atoms with Gasteiger partial charge < -0.3 is 33.5 Å². The van der Waals surface area contributed by atoms with Gasteiger partial charge in [-0.25, -0.2) is 9.59 Å². The summed E-state index contributed by atoms with van der Waals surface area (Å²) in [5.74, 6) is 1.78. The normalized spacial score (nSPS) is 15.3. The molecule has 0 N–H and O–H groups in total. The fourth-order valence-electron chi connectivity index (χ4n) is 5.40. The van der Waals surface area contributed by atoms with E-state index < -0.39 is 12.2 Å². The molecular weight excluding hydrogens is 592 g/mol. The Hall–Kier alpha value is -3.64. The fraction of sp³-hybridized carbons (Fsp3) is 0.452. The topological polar surface area (TPSA) is 104 Å². The molecule has 0 bridgehead atoms. The second kappa shape index (κ2) is 13.8. The summed E-state index contributed by atoms with van der Waals surface area (Å²) in [6.45, 7) is 4.02. The molecule has 0 aliphatic carbocycles. The van der Waals surface area contributed by atoms with Crippen LogP contribution in [0.1, 0.15) is 55.8 Å². The van der Waals surface area contributed by atoms with E-state index in [0.717, 1.165) is 38.5 Å². The van der Waals surface area contributed by atoms with Crippen molar-refractivity contribution < 1.29 is 38.1 Å². The van der Waals surface area contributed by atoms with E-state index in [2.05, 4.69) is 0 Å². The number of likely N-dealkylation sites (tertiary alicyclic amines) is 2. The SMILES string of the molecule is COc1ccc(OC(=O)N2CCCCC2)c(Sc2sc3c(OC(=O)N4CCCCC4)ccc(OC)c3c2OC)c1C(C)=O. The van der Waals surface area contributed by atoms with Crippen LogP contribution in [-0.2, 0) is 0 Å². The third kappa shape index (κ3) is 6.50.